The smallest absolute Gasteiger partial charge is 0.305 e. The van der Waals surface area contributed by atoms with Crippen LogP contribution in [-0.4, -0.2) is 52.4 Å². The molecule has 0 radical (unpaired) electrons. The van der Waals surface area contributed by atoms with E-state index in [4.69, 9.17) is 27.9 Å². The summed E-state index contributed by atoms with van der Waals surface area (Å²) in [6, 6.07) is 9.16. The van der Waals surface area contributed by atoms with E-state index in [-0.39, 0.29) is 50.0 Å². The van der Waals surface area contributed by atoms with Gasteiger partial charge in [0.05, 0.1) is 23.0 Å². The first-order chi connectivity index (χ1) is 17.2. The lowest BCUT2D eigenvalue weighted by Crippen LogP contribution is -2.33. The second-order valence-electron chi connectivity index (χ2n) is 8.66. The van der Waals surface area contributed by atoms with Crippen molar-refractivity contribution in [2.24, 2.45) is 0 Å². The Bertz CT molecular complexity index is 1100. The minimum absolute atomic E-state index is 0.00557. The maximum atomic E-state index is 14.8. The maximum Gasteiger partial charge on any atom is 0.305 e. The first kappa shape index (κ1) is 27.9. The topological polar surface area (TPSA) is 87.2 Å². The maximum absolute atomic E-state index is 14.8. The Balaban J connectivity index is 1.74. The number of carbonyl (C=O) groups excluding carboxylic acids is 2. The summed E-state index contributed by atoms with van der Waals surface area (Å²) in [5.41, 5.74) is 1.37. The van der Waals surface area contributed by atoms with Gasteiger partial charge in [-0.1, -0.05) is 48.7 Å². The van der Waals surface area contributed by atoms with Gasteiger partial charge in [-0.05, 0) is 48.4 Å². The molecule has 1 atom stereocenters. The van der Waals surface area contributed by atoms with E-state index in [0.29, 0.717) is 34.3 Å². The van der Waals surface area contributed by atoms with E-state index in [2.05, 4.69) is 0 Å². The quantitative estimate of drug-likeness (QED) is 0.340. The Morgan fingerprint density at radius 3 is 2.47 bits per heavy atom. The highest BCUT2D eigenvalue weighted by molar-refractivity contribution is 6.42. The van der Waals surface area contributed by atoms with Crippen LogP contribution in [0.4, 0.5) is 4.39 Å². The van der Waals surface area contributed by atoms with Crippen molar-refractivity contribution in [2.45, 2.75) is 51.6 Å². The molecule has 1 heterocycles. The van der Waals surface area contributed by atoms with Crippen LogP contribution in [0.1, 0.15) is 56.2 Å². The molecule has 36 heavy (non-hydrogen) atoms. The number of hydrogen-bond donors (Lipinski definition) is 1. The van der Waals surface area contributed by atoms with Gasteiger partial charge in [0.25, 0.3) is 0 Å². The van der Waals surface area contributed by atoms with Gasteiger partial charge in [0.15, 0.2) is 11.6 Å². The second kappa shape index (κ2) is 13.0. The van der Waals surface area contributed by atoms with Crippen LogP contribution in [0.25, 0.3) is 0 Å². The van der Waals surface area contributed by atoms with Crippen molar-refractivity contribution in [2.75, 3.05) is 19.7 Å². The molecule has 1 N–H and O–H groups in total. The van der Waals surface area contributed by atoms with Crippen LogP contribution in [0, 0.1) is 5.82 Å². The third kappa shape index (κ3) is 7.41. The summed E-state index contributed by atoms with van der Waals surface area (Å²) in [4.78, 5) is 38.2. The molecule has 1 aliphatic rings. The van der Waals surface area contributed by atoms with Crippen molar-refractivity contribution in [3.63, 3.8) is 0 Å². The molecule has 194 valence electrons. The molecule has 0 spiro atoms. The summed E-state index contributed by atoms with van der Waals surface area (Å²) in [5.74, 6) is -2.01. The molecule has 1 saturated heterocycles. The highest BCUT2D eigenvalue weighted by atomic mass is 35.5. The molecule has 0 aromatic heterocycles. The van der Waals surface area contributed by atoms with E-state index in [9.17, 15) is 23.9 Å². The first-order valence-corrected chi connectivity index (χ1v) is 12.6. The molecular formula is C26H29Cl2FN2O5. The second-order valence-corrected chi connectivity index (χ2v) is 9.48. The predicted octanol–water partition coefficient (Wildman–Crippen LogP) is 5.48. The third-order valence-electron chi connectivity index (χ3n) is 6.05. The first-order valence-electron chi connectivity index (χ1n) is 11.8. The van der Waals surface area contributed by atoms with Gasteiger partial charge in [0.2, 0.25) is 11.8 Å². The molecule has 10 heteroatoms. The van der Waals surface area contributed by atoms with Gasteiger partial charge in [-0.2, -0.15) is 0 Å². The van der Waals surface area contributed by atoms with E-state index < -0.39 is 17.8 Å². The number of likely N-dealkylation sites (tertiary alicyclic amines) is 1. The number of amides is 2. The van der Waals surface area contributed by atoms with Gasteiger partial charge in [-0.3, -0.25) is 24.2 Å². The zero-order valence-electron chi connectivity index (χ0n) is 20.0. The van der Waals surface area contributed by atoms with E-state index in [0.717, 1.165) is 17.7 Å². The van der Waals surface area contributed by atoms with E-state index in [1.807, 2.05) is 11.8 Å². The van der Waals surface area contributed by atoms with Crippen LogP contribution in [0.5, 0.6) is 5.75 Å². The zero-order chi connectivity index (χ0) is 26.2. The largest absolute Gasteiger partial charge is 0.489 e. The van der Waals surface area contributed by atoms with Crippen molar-refractivity contribution in [1.82, 2.24) is 9.80 Å². The lowest BCUT2D eigenvalue weighted by Gasteiger charge is -2.31. The molecular weight excluding hydrogens is 510 g/mol. The number of benzene rings is 2. The lowest BCUT2D eigenvalue weighted by molar-refractivity contribution is -0.140. The van der Waals surface area contributed by atoms with Gasteiger partial charge < -0.3 is 9.84 Å². The Hall–Kier alpha value is -2.68. The van der Waals surface area contributed by atoms with Crippen LogP contribution in [-0.2, 0) is 20.9 Å². The molecule has 7 nitrogen and oxygen atoms in total. The van der Waals surface area contributed by atoms with Crippen LogP contribution in [0.2, 0.25) is 10.0 Å². The molecule has 0 bridgehead atoms. The number of halogens is 3. The molecule has 2 amide bonds. The zero-order valence-corrected chi connectivity index (χ0v) is 21.5. The number of unbranched alkanes of at least 4 members (excludes halogenated alkanes) is 1. The average Bonchev–Trinajstić information content (AvgIpc) is 3.15. The van der Waals surface area contributed by atoms with Gasteiger partial charge in [0, 0.05) is 25.4 Å². The predicted molar refractivity (Wildman–Crippen MR) is 135 cm³/mol. The minimum atomic E-state index is -0.961. The van der Waals surface area contributed by atoms with Crippen LogP contribution < -0.4 is 4.74 Å². The van der Waals surface area contributed by atoms with Crippen molar-refractivity contribution < 1.29 is 28.6 Å². The normalized spacial score (nSPS) is 14.5. The van der Waals surface area contributed by atoms with E-state index in [1.165, 1.54) is 12.1 Å². The monoisotopic (exact) mass is 538 g/mol. The average molecular weight is 539 g/mol. The Kier molecular flexibility index (Phi) is 10.1. The number of aliphatic carboxylic acids is 1. The number of carboxylic acid groups (broad SMARTS) is 1. The van der Waals surface area contributed by atoms with Crippen LogP contribution in [0.3, 0.4) is 0 Å². The summed E-state index contributed by atoms with van der Waals surface area (Å²) >= 11 is 12.3. The third-order valence-corrected chi connectivity index (χ3v) is 6.78. The molecule has 3 rings (SSSR count). The lowest BCUT2D eigenvalue weighted by atomic mass is 10.0. The minimum Gasteiger partial charge on any atom is -0.489 e. The standard InChI is InChI=1S/C26H29Cl2FN2O5/c1-2-3-10-30(22(15-26(34)35)18-5-6-19(27)20(28)14-18)16-17-4-7-23(21(29)13-17)36-12-11-31-24(32)8-9-25(31)33/h4-7,13-14,22H,2-3,8-12,15-16H2,1H3,(H,34,35). The fourth-order valence-corrected chi connectivity index (χ4v) is 4.47. The number of rotatable bonds is 13. The number of nitrogens with zero attached hydrogens (tertiary/aromatic N) is 2. The highest BCUT2D eigenvalue weighted by Gasteiger charge is 2.28. The van der Waals surface area contributed by atoms with Gasteiger partial charge >= 0.3 is 5.97 Å². The summed E-state index contributed by atoms with van der Waals surface area (Å²) in [6.07, 6.45) is 1.97. The van der Waals surface area contributed by atoms with E-state index in [1.54, 1.807) is 24.3 Å². The fourth-order valence-electron chi connectivity index (χ4n) is 4.16. The van der Waals surface area contributed by atoms with Crippen molar-refractivity contribution >= 4 is 41.0 Å². The van der Waals surface area contributed by atoms with Gasteiger partial charge in [-0.15, -0.1) is 0 Å². The number of imide groups is 1. The molecule has 1 unspecified atom stereocenters. The molecule has 1 aliphatic heterocycles. The molecule has 1 fully saturated rings. The number of carbonyl (C=O) groups is 3. The summed E-state index contributed by atoms with van der Waals surface area (Å²) < 4.78 is 20.3. The van der Waals surface area contributed by atoms with Crippen LogP contribution >= 0.6 is 23.2 Å². The fraction of sp³-hybridized carbons (Fsp3) is 0.423. The Morgan fingerprint density at radius 2 is 1.86 bits per heavy atom. The molecule has 0 saturated carbocycles. The Labute approximate surface area is 219 Å². The summed E-state index contributed by atoms with van der Waals surface area (Å²) in [7, 11) is 0. The SMILES string of the molecule is CCCCN(Cc1ccc(OCCN2C(=O)CCC2=O)c(F)c1)C(CC(=O)O)c1ccc(Cl)c(Cl)c1. The summed E-state index contributed by atoms with van der Waals surface area (Å²) in [6.45, 7) is 3.02. The van der Waals surface area contributed by atoms with Gasteiger partial charge in [0.1, 0.15) is 6.61 Å². The highest BCUT2D eigenvalue weighted by Crippen LogP contribution is 2.32. The van der Waals surface area contributed by atoms with Crippen molar-refractivity contribution in [1.29, 1.82) is 0 Å². The number of carboxylic acids is 1. The molecule has 2 aromatic carbocycles. The van der Waals surface area contributed by atoms with E-state index >= 15 is 0 Å². The van der Waals surface area contributed by atoms with Crippen molar-refractivity contribution in [3.8, 4) is 5.75 Å². The van der Waals surface area contributed by atoms with Crippen molar-refractivity contribution in [3.05, 3.63) is 63.4 Å². The van der Waals surface area contributed by atoms with Gasteiger partial charge in [-0.25, -0.2) is 4.39 Å². The molecule has 0 aliphatic carbocycles. The summed E-state index contributed by atoms with van der Waals surface area (Å²) in [5, 5.41) is 10.3. The number of ether oxygens (including phenoxy) is 1. The molecule has 2 aromatic rings. The number of hydrogen-bond acceptors (Lipinski definition) is 5. The Morgan fingerprint density at radius 1 is 1.14 bits per heavy atom. The van der Waals surface area contributed by atoms with Crippen LogP contribution in [0.15, 0.2) is 36.4 Å².